The Hall–Kier alpha value is -2.20. The number of para-hydroxylation sites is 1. The number of hydrogen-bond acceptors (Lipinski definition) is 4. The molecule has 0 aliphatic carbocycles. The van der Waals surface area contributed by atoms with E-state index in [1.54, 1.807) is 24.6 Å². The molecule has 4 heteroatoms. The Labute approximate surface area is 128 Å². The number of methoxy groups -OCH3 is 1. The minimum Gasteiger partial charge on any atom is -0.496 e. The quantitative estimate of drug-likeness (QED) is 0.726. The van der Waals surface area contributed by atoms with Gasteiger partial charge in [0.15, 0.2) is 0 Å². The van der Waals surface area contributed by atoms with E-state index in [1.807, 2.05) is 30.5 Å². The van der Waals surface area contributed by atoms with Crippen LogP contribution in [0.5, 0.6) is 5.75 Å². The topological polar surface area (TPSA) is 35.0 Å². The summed E-state index contributed by atoms with van der Waals surface area (Å²) in [5.41, 5.74) is 4.44. The fourth-order valence-electron chi connectivity index (χ4n) is 2.26. The van der Waals surface area contributed by atoms with Crippen LogP contribution in [0, 0.1) is 6.92 Å². The van der Waals surface area contributed by atoms with Gasteiger partial charge >= 0.3 is 0 Å². The minimum absolute atomic E-state index is 0.786. The molecule has 21 heavy (non-hydrogen) atoms. The van der Waals surface area contributed by atoms with E-state index in [1.165, 1.54) is 5.56 Å². The Balaban J connectivity index is 1.87. The van der Waals surface area contributed by atoms with Gasteiger partial charge in [-0.2, -0.15) is 0 Å². The van der Waals surface area contributed by atoms with Crippen molar-refractivity contribution in [3.63, 3.8) is 0 Å². The lowest BCUT2D eigenvalue weighted by molar-refractivity contribution is 0.410. The molecule has 0 fully saturated rings. The number of aryl methyl sites for hydroxylation is 1. The molecule has 1 aromatic carbocycles. The monoisotopic (exact) mass is 296 g/mol. The van der Waals surface area contributed by atoms with Crippen molar-refractivity contribution in [2.45, 2.75) is 13.3 Å². The van der Waals surface area contributed by atoms with Crippen molar-refractivity contribution in [2.75, 3.05) is 7.11 Å². The molecule has 0 aliphatic rings. The summed E-state index contributed by atoms with van der Waals surface area (Å²) in [5.74, 6) is 0.909. The van der Waals surface area contributed by atoms with Gasteiger partial charge in [0.2, 0.25) is 0 Å². The number of benzene rings is 1. The van der Waals surface area contributed by atoms with E-state index >= 15 is 0 Å². The second kappa shape index (κ2) is 6.06. The molecule has 0 bridgehead atoms. The average Bonchev–Trinajstić information content (AvgIpc) is 2.96. The number of nitrogens with zero attached hydrogens (tertiary/aromatic N) is 2. The van der Waals surface area contributed by atoms with Crippen LogP contribution in [0.15, 0.2) is 48.1 Å². The van der Waals surface area contributed by atoms with E-state index in [2.05, 4.69) is 23.4 Å². The lowest BCUT2D eigenvalue weighted by atomic mass is 10.1. The number of pyridine rings is 1. The van der Waals surface area contributed by atoms with E-state index < -0.39 is 0 Å². The maximum atomic E-state index is 5.39. The summed E-state index contributed by atoms with van der Waals surface area (Å²) in [4.78, 5) is 8.92. The summed E-state index contributed by atoms with van der Waals surface area (Å²) in [6.45, 7) is 2.08. The van der Waals surface area contributed by atoms with Crippen LogP contribution in [0.2, 0.25) is 0 Å². The van der Waals surface area contributed by atoms with Crippen LogP contribution < -0.4 is 4.74 Å². The summed E-state index contributed by atoms with van der Waals surface area (Å²) in [6.07, 6.45) is 4.46. The molecule has 0 saturated carbocycles. The molecular weight excluding hydrogens is 280 g/mol. The van der Waals surface area contributed by atoms with Crippen molar-refractivity contribution in [2.24, 2.45) is 0 Å². The molecule has 0 aliphatic heterocycles. The third kappa shape index (κ3) is 2.95. The minimum atomic E-state index is 0.786. The number of rotatable bonds is 4. The van der Waals surface area contributed by atoms with E-state index in [9.17, 15) is 0 Å². The first-order valence-electron chi connectivity index (χ1n) is 6.75. The van der Waals surface area contributed by atoms with Gasteiger partial charge in [-0.05, 0) is 24.6 Å². The summed E-state index contributed by atoms with van der Waals surface area (Å²) in [6, 6.07) is 10.1. The number of hydrogen-bond donors (Lipinski definition) is 0. The molecule has 3 aromatic rings. The Bertz CT molecular complexity index is 752. The van der Waals surface area contributed by atoms with Gasteiger partial charge in [0.05, 0.1) is 17.8 Å². The fraction of sp³-hybridized carbons (Fsp3) is 0.176. The predicted molar refractivity (Wildman–Crippen MR) is 85.9 cm³/mol. The first-order valence-corrected chi connectivity index (χ1v) is 7.63. The number of aromatic nitrogens is 2. The van der Waals surface area contributed by atoms with Gasteiger partial charge in [0.1, 0.15) is 5.75 Å². The first kappa shape index (κ1) is 13.8. The van der Waals surface area contributed by atoms with Crippen LogP contribution in [-0.2, 0) is 6.42 Å². The van der Waals surface area contributed by atoms with Crippen LogP contribution in [0.1, 0.15) is 16.1 Å². The molecule has 0 spiro atoms. The van der Waals surface area contributed by atoms with Crippen molar-refractivity contribution >= 4 is 11.3 Å². The second-order valence-corrected chi connectivity index (χ2v) is 5.75. The van der Waals surface area contributed by atoms with Gasteiger partial charge in [0, 0.05) is 35.3 Å². The zero-order valence-corrected chi connectivity index (χ0v) is 12.9. The molecule has 0 N–H and O–H groups in total. The van der Waals surface area contributed by atoms with Gasteiger partial charge < -0.3 is 4.74 Å². The Morgan fingerprint density at radius 2 is 2.05 bits per heavy atom. The molecule has 0 unspecified atom stereocenters. The van der Waals surface area contributed by atoms with Crippen molar-refractivity contribution < 1.29 is 4.74 Å². The lowest BCUT2D eigenvalue weighted by Gasteiger charge is -2.06. The van der Waals surface area contributed by atoms with Crippen LogP contribution >= 0.6 is 11.3 Å². The van der Waals surface area contributed by atoms with Gasteiger partial charge in [0.25, 0.3) is 0 Å². The summed E-state index contributed by atoms with van der Waals surface area (Å²) >= 11 is 1.67. The highest BCUT2D eigenvalue weighted by Gasteiger charge is 2.09. The van der Waals surface area contributed by atoms with E-state index in [-0.39, 0.29) is 0 Å². The predicted octanol–water partition coefficient (Wildman–Crippen LogP) is 4.11. The van der Waals surface area contributed by atoms with Crippen molar-refractivity contribution in [3.05, 3.63) is 64.2 Å². The molecule has 2 aromatic heterocycles. The first-order chi connectivity index (χ1) is 10.3. The highest BCUT2D eigenvalue weighted by molar-refractivity contribution is 7.10. The van der Waals surface area contributed by atoms with Crippen molar-refractivity contribution in [1.29, 1.82) is 0 Å². The molecular formula is C17H16N2OS. The zero-order valence-electron chi connectivity index (χ0n) is 12.0. The van der Waals surface area contributed by atoms with Gasteiger partial charge in [-0.3, -0.25) is 4.98 Å². The van der Waals surface area contributed by atoms with E-state index in [0.717, 1.165) is 34.0 Å². The van der Waals surface area contributed by atoms with Gasteiger partial charge in [-0.1, -0.05) is 18.2 Å². The molecule has 0 radical (unpaired) electrons. The number of thiazole rings is 1. The molecule has 0 saturated heterocycles. The Morgan fingerprint density at radius 3 is 2.86 bits per heavy atom. The molecule has 0 atom stereocenters. The summed E-state index contributed by atoms with van der Waals surface area (Å²) < 4.78 is 5.39. The van der Waals surface area contributed by atoms with Gasteiger partial charge in [-0.25, -0.2) is 4.98 Å². The maximum Gasteiger partial charge on any atom is 0.122 e. The lowest BCUT2D eigenvalue weighted by Crippen LogP contribution is -1.93. The summed E-state index contributed by atoms with van der Waals surface area (Å²) in [5, 5.41) is 3.17. The third-order valence-corrected chi connectivity index (χ3v) is 4.25. The zero-order chi connectivity index (χ0) is 14.7. The van der Waals surface area contributed by atoms with E-state index in [0.29, 0.717) is 0 Å². The third-order valence-electron chi connectivity index (χ3n) is 3.40. The molecule has 106 valence electrons. The average molecular weight is 296 g/mol. The largest absolute Gasteiger partial charge is 0.496 e. The molecule has 3 nitrogen and oxygen atoms in total. The van der Waals surface area contributed by atoms with Crippen LogP contribution in [-0.4, -0.2) is 17.1 Å². The van der Waals surface area contributed by atoms with Crippen LogP contribution in [0.3, 0.4) is 0 Å². The highest BCUT2D eigenvalue weighted by Crippen LogP contribution is 2.27. The van der Waals surface area contributed by atoms with E-state index in [4.69, 9.17) is 9.72 Å². The number of ether oxygens (including phenoxy) is 1. The molecule has 2 heterocycles. The summed E-state index contributed by atoms with van der Waals surface area (Å²) in [7, 11) is 1.70. The van der Waals surface area contributed by atoms with Crippen LogP contribution in [0.4, 0.5) is 0 Å². The fourth-order valence-corrected chi connectivity index (χ4v) is 3.08. The van der Waals surface area contributed by atoms with Crippen LogP contribution in [0.25, 0.3) is 11.3 Å². The SMILES string of the molecule is COc1ccccc1Cc1nc(-c2cnccc2C)cs1. The smallest absolute Gasteiger partial charge is 0.122 e. The van der Waals surface area contributed by atoms with Gasteiger partial charge in [-0.15, -0.1) is 11.3 Å². The molecule has 0 amide bonds. The Morgan fingerprint density at radius 1 is 1.19 bits per heavy atom. The standard InChI is InChI=1S/C17H16N2OS/c1-12-7-8-18-10-14(12)15-11-21-17(19-15)9-13-5-3-4-6-16(13)20-2/h3-8,10-11H,9H2,1-2H3. The highest BCUT2D eigenvalue weighted by atomic mass is 32.1. The maximum absolute atomic E-state index is 5.39. The Kier molecular flexibility index (Phi) is 3.97. The van der Waals surface area contributed by atoms with Crippen molar-refractivity contribution in [1.82, 2.24) is 9.97 Å². The van der Waals surface area contributed by atoms with Crippen molar-refractivity contribution in [3.8, 4) is 17.0 Å². The molecule has 3 rings (SSSR count). The normalized spacial score (nSPS) is 10.6. The second-order valence-electron chi connectivity index (χ2n) is 4.81.